The smallest absolute Gasteiger partial charge is 0.434 e. The molecule has 90 valence electrons. The lowest BCUT2D eigenvalue weighted by molar-refractivity contribution is -0.129. The van der Waals surface area contributed by atoms with E-state index in [0.29, 0.717) is 0 Å². The second kappa shape index (κ2) is 6.42. The van der Waals surface area contributed by atoms with Gasteiger partial charge in [-0.1, -0.05) is 37.3 Å². The number of nitrogens with zero attached hydrogens (tertiary/aromatic N) is 1. The summed E-state index contributed by atoms with van der Waals surface area (Å²) in [6.45, 7) is 1.69. The first-order valence-corrected chi connectivity index (χ1v) is 5.15. The number of rotatable bonds is 4. The fourth-order valence-electron chi connectivity index (χ4n) is 1.14. The molecule has 0 aromatic heterocycles. The number of benzene rings is 1. The Morgan fingerprint density at radius 1 is 1.29 bits per heavy atom. The Balaban J connectivity index is 2.53. The summed E-state index contributed by atoms with van der Waals surface area (Å²) in [5.41, 5.74) is 0.618. The third-order valence-corrected chi connectivity index (χ3v) is 2.01. The standard InChI is InChI=1S/C12H13NO4/c1-2-10(11(14)15)13-12(16)17-8-9-6-4-3-5-7-9/h3-7H,2,8H2,1H3,(H,14,15). The van der Waals surface area contributed by atoms with Crippen LogP contribution in [-0.2, 0) is 16.1 Å². The Morgan fingerprint density at radius 2 is 1.94 bits per heavy atom. The highest BCUT2D eigenvalue weighted by Gasteiger charge is 2.10. The third kappa shape index (κ3) is 4.46. The van der Waals surface area contributed by atoms with Gasteiger partial charge in [-0.2, -0.15) is 4.99 Å². The first-order valence-electron chi connectivity index (χ1n) is 5.15. The molecule has 0 spiro atoms. The maximum absolute atomic E-state index is 11.2. The average Bonchev–Trinajstić information content (AvgIpc) is 2.34. The van der Waals surface area contributed by atoms with Gasteiger partial charge in [0.15, 0.2) is 0 Å². The van der Waals surface area contributed by atoms with E-state index in [0.717, 1.165) is 5.56 Å². The van der Waals surface area contributed by atoms with E-state index in [4.69, 9.17) is 9.84 Å². The summed E-state index contributed by atoms with van der Waals surface area (Å²) in [6, 6.07) is 9.09. The van der Waals surface area contributed by atoms with E-state index in [1.807, 2.05) is 18.2 Å². The Kier molecular flexibility index (Phi) is 4.87. The monoisotopic (exact) mass is 235 g/mol. The third-order valence-electron chi connectivity index (χ3n) is 2.01. The maximum Gasteiger partial charge on any atom is 0.434 e. The molecule has 1 amide bonds. The number of ether oxygens (including phenoxy) is 1. The number of carbonyl (C=O) groups is 2. The fraction of sp³-hybridized carbons (Fsp3) is 0.250. The summed E-state index contributed by atoms with van der Waals surface area (Å²) in [4.78, 5) is 25.2. The lowest BCUT2D eigenvalue weighted by atomic mass is 10.2. The van der Waals surface area contributed by atoms with Gasteiger partial charge in [0.25, 0.3) is 0 Å². The molecule has 1 rings (SSSR count). The van der Waals surface area contributed by atoms with Gasteiger partial charge in [-0.25, -0.2) is 9.59 Å². The van der Waals surface area contributed by atoms with Crippen LogP contribution in [0, 0.1) is 0 Å². The summed E-state index contributed by atoms with van der Waals surface area (Å²) in [5, 5.41) is 8.67. The quantitative estimate of drug-likeness (QED) is 0.812. The SMILES string of the molecule is CCC(=NC(=O)OCc1ccccc1)C(=O)O. The largest absolute Gasteiger partial charge is 0.477 e. The van der Waals surface area contributed by atoms with Crippen molar-refractivity contribution in [1.29, 1.82) is 0 Å². The molecule has 0 aliphatic rings. The molecular weight excluding hydrogens is 222 g/mol. The number of amides is 1. The van der Waals surface area contributed by atoms with Crippen molar-refractivity contribution in [1.82, 2.24) is 0 Å². The molecule has 1 aromatic carbocycles. The Hall–Kier alpha value is -2.17. The van der Waals surface area contributed by atoms with Crippen molar-refractivity contribution in [3.8, 4) is 0 Å². The molecule has 17 heavy (non-hydrogen) atoms. The van der Waals surface area contributed by atoms with E-state index >= 15 is 0 Å². The zero-order valence-corrected chi connectivity index (χ0v) is 9.42. The highest BCUT2D eigenvalue weighted by Crippen LogP contribution is 2.02. The van der Waals surface area contributed by atoms with Gasteiger partial charge in [0, 0.05) is 0 Å². The van der Waals surface area contributed by atoms with Crippen molar-refractivity contribution in [2.75, 3.05) is 0 Å². The van der Waals surface area contributed by atoms with E-state index in [1.165, 1.54) is 0 Å². The van der Waals surface area contributed by atoms with Crippen molar-refractivity contribution >= 4 is 17.8 Å². The van der Waals surface area contributed by atoms with Crippen LogP contribution in [0.5, 0.6) is 0 Å². The molecule has 1 aromatic rings. The van der Waals surface area contributed by atoms with Gasteiger partial charge in [0.05, 0.1) is 0 Å². The van der Waals surface area contributed by atoms with Crippen LogP contribution in [0.15, 0.2) is 35.3 Å². The topological polar surface area (TPSA) is 76.0 Å². The number of hydrogen-bond acceptors (Lipinski definition) is 3. The lowest BCUT2D eigenvalue weighted by Crippen LogP contribution is -2.14. The summed E-state index contributed by atoms with van der Waals surface area (Å²) in [5.74, 6) is -1.20. The molecular formula is C12H13NO4. The predicted molar refractivity (Wildman–Crippen MR) is 62.0 cm³/mol. The Bertz CT molecular complexity index is 425. The maximum atomic E-state index is 11.2. The van der Waals surface area contributed by atoms with Gasteiger partial charge in [0.1, 0.15) is 12.3 Å². The van der Waals surface area contributed by atoms with E-state index in [1.54, 1.807) is 19.1 Å². The number of carboxylic acids is 1. The molecule has 0 radical (unpaired) electrons. The number of hydrogen-bond donors (Lipinski definition) is 1. The first kappa shape index (κ1) is 12.9. The molecule has 0 saturated carbocycles. The first-order chi connectivity index (χ1) is 8.13. The molecule has 0 bridgehead atoms. The Labute approximate surface area is 98.7 Å². The molecule has 0 saturated heterocycles. The second-order valence-electron chi connectivity index (χ2n) is 3.26. The van der Waals surface area contributed by atoms with Crippen molar-refractivity contribution in [2.24, 2.45) is 4.99 Å². The number of aliphatic carboxylic acids is 1. The molecule has 5 nitrogen and oxygen atoms in total. The van der Waals surface area contributed by atoms with E-state index in [2.05, 4.69) is 4.99 Å². The summed E-state index contributed by atoms with van der Waals surface area (Å²) in [7, 11) is 0. The predicted octanol–water partition coefficient (Wildman–Crippen LogP) is 2.26. The molecule has 0 aliphatic carbocycles. The van der Waals surface area contributed by atoms with Crippen molar-refractivity contribution in [2.45, 2.75) is 20.0 Å². The number of carbonyl (C=O) groups excluding carboxylic acids is 1. The minimum Gasteiger partial charge on any atom is -0.477 e. The van der Waals surface area contributed by atoms with Gasteiger partial charge < -0.3 is 9.84 Å². The second-order valence-corrected chi connectivity index (χ2v) is 3.26. The summed E-state index contributed by atoms with van der Waals surface area (Å²) < 4.78 is 4.82. The molecule has 5 heteroatoms. The van der Waals surface area contributed by atoms with Crippen molar-refractivity contribution in [3.63, 3.8) is 0 Å². The Morgan fingerprint density at radius 3 is 2.47 bits per heavy atom. The highest BCUT2D eigenvalue weighted by molar-refractivity contribution is 6.36. The van der Waals surface area contributed by atoms with Crippen LogP contribution >= 0.6 is 0 Å². The van der Waals surface area contributed by atoms with Crippen LogP contribution in [-0.4, -0.2) is 22.9 Å². The highest BCUT2D eigenvalue weighted by atomic mass is 16.5. The fourth-order valence-corrected chi connectivity index (χ4v) is 1.14. The minimum atomic E-state index is -1.20. The van der Waals surface area contributed by atoms with Gasteiger partial charge in [-0.3, -0.25) is 0 Å². The molecule has 0 unspecified atom stereocenters. The minimum absolute atomic E-state index is 0.0831. The zero-order chi connectivity index (χ0) is 12.7. The summed E-state index contributed by atoms with van der Waals surface area (Å²) in [6.07, 6.45) is -0.705. The molecule has 0 aliphatic heterocycles. The lowest BCUT2D eigenvalue weighted by Gasteiger charge is -2.02. The molecule has 0 atom stereocenters. The number of aliphatic imine (C=N–C) groups is 1. The van der Waals surface area contributed by atoms with Crippen LogP contribution in [0.25, 0.3) is 0 Å². The van der Waals surface area contributed by atoms with Gasteiger partial charge >= 0.3 is 12.1 Å². The van der Waals surface area contributed by atoms with Gasteiger partial charge in [-0.05, 0) is 12.0 Å². The number of carboxylic acid groups (broad SMARTS) is 1. The zero-order valence-electron chi connectivity index (χ0n) is 9.42. The van der Waals surface area contributed by atoms with Crippen LogP contribution in [0.2, 0.25) is 0 Å². The van der Waals surface area contributed by atoms with E-state index in [-0.39, 0.29) is 18.7 Å². The average molecular weight is 235 g/mol. The van der Waals surface area contributed by atoms with Crippen LogP contribution < -0.4 is 0 Å². The van der Waals surface area contributed by atoms with E-state index in [9.17, 15) is 9.59 Å². The summed E-state index contributed by atoms with van der Waals surface area (Å²) >= 11 is 0. The van der Waals surface area contributed by atoms with Gasteiger partial charge in [0.2, 0.25) is 0 Å². The van der Waals surface area contributed by atoms with Gasteiger partial charge in [-0.15, -0.1) is 0 Å². The molecule has 0 heterocycles. The van der Waals surface area contributed by atoms with E-state index < -0.39 is 12.1 Å². The van der Waals surface area contributed by atoms with Crippen LogP contribution in [0.3, 0.4) is 0 Å². The molecule has 1 N–H and O–H groups in total. The molecule has 0 fully saturated rings. The van der Waals surface area contributed by atoms with Crippen molar-refractivity contribution < 1.29 is 19.4 Å². The van der Waals surface area contributed by atoms with Crippen molar-refractivity contribution in [3.05, 3.63) is 35.9 Å². The van der Waals surface area contributed by atoms with Crippen LogP contribution in [0.4, 0.5) is 4.79 Å². The van der Waals surface area contributed by atoms with Crippen LogP contribution in [0.1, 0.15) is 18.9 Å². The normalized spacial score (nSPS) is 11.0.